The molecule has 0 spiro atoms. The van der Waals surface area contributed by atoms with E-state index in [1.807, 2.05) is 26.0 Å². The van der Waals surface area contributed by atoms with E-state index >= 15 is 0 Å². The lowest BCUT2D eigenvalue weighted by Gasteiger charge is -2.30. The van der Waals surface area contributed by atoms with Crippen molar-refractivity contribution in [3.63, 3.8) is 0 Å². The maximum absolute atomic E-state index is 13.5. The lowest BCUT2D eigenvalue weighted by Crippen LogP contribution is -2.54. The predicted octanol–water partition coefficient (Wildman–Crippen LogP) is 4.46. The first-order valence-corrected chi connectivity index (χ1v) is 11.4. The Kier molecular flexibility index (Phi) is 6.47. The fourth-order valence-corrected chi connectivity index (χ4v) is 4.63. The summed E-state index contributed by atoms with van der Waals surface area (Å²) in [7, 11) is 1.44. The molecule has 1 fully saturated rings. The molecule has 9 nitrogen and oxygen atoms in total. The fourth-order valence-electron chi connectivity index (χ4n) is 4.36. The minimum Gasteiger partial charge on any atom is -0.496 e. The number of anilines is 1. The number of nitrogens with one attached hydrogen (secondary N) is 1. The van der Waals surface area contributed by atoms with Gasteiger partial charge in [-0.05, 0) is 81.4 Å². The Labute approximate surface area is 213 Å². The van der Waals surface area contributed by atoms with Crippen LogP contribution in [0.15, 0.2) is 48.0 Å². The number of carbonyl (C=O) groups excluding carboxylic acids is 2. The highest BCUT2D eigenvalue weighted by Crippen LogP contribution is 2.33. The summed E-state index contributed by atoms with van der Waals surface area (Å²) in [4.78, 5) is 38.9. The third-order valence-electron chi connectivity index (χ3n) is 6.09. The number of aromatic nitrogens is 1. The highest BCUT2D eigenvalue weighted by Gasteiger charge is 2.35. The van der Waals surface area contributed by atoms with Crippen LogP contribution in [-0.4, -0.2) is 33.5 Å². The first-order valence-electron chi connectivity index (χ1n) is 11.0. The van der Waals surface area contributed by atoms with Crippen LogP contribution in [0, 0.1) is 37.8 Å². The highest BCUT2D eigenvalue weighted by atomic mass is 32.1. The van der Waals surface area contributed by atoms with E-state index in [1.54, 1.807) is 42.7 Å². The van der Waals surface area contributed by atoms with Crippen molar-refractivity contribution in [3.05, 3.63) is 86.2 Å². The van der Waals surface area contributed by atoms with Crippen LogP contribution in [-0.2, 0) is 9.59 Å². The van der Waals surface area contributed by atoms with Crippen molar-refractivity contribution in [1.29, 1.82) is 0 Å². The Morgan fingerprint density at radius 1 is 1.03 bits per heavy atom. The van der Waals surface area contributed by atoms with Crippen molar-refractivity contribution in [2.75, 3.05) is 12.0 Å². The van der Waals surface area contributed by atoms with Crippen LogP contribution in [0.1, 0.15) is 28.1 Å². The first-order chi connectivity index (χ1) is 17.0. The standard InChI is InChI=1S/C26H24N4O5S/c1-14-6-8-21(15(2)10-14)29-25(32)20(24(31)27-26(29)36)12-18-11-16(3)28(17(18)4)22-9-7-19(35-5)13-23(22)30(33)34/h6-13H,1-5H3,(H,27,31,36)/b20-12+. The Bertz CT molecular complexity index is 1490. The number of benzene rings is 2. The van der Waals surface area contributed by atoms with Gasteiger partial charge < -0.3 is 9.30 Å². The van der Waals surface area contributed by atoms with Crippen molar-refractivity contribution in [3.8, 4) is 11.4 Å². The molecule has 1 aliphatic rings. The summed E-state index contributed by atoms with van der Waals surface area (Å²) in [6.07, 6.45) is 1.49. The van der Waals surface area contributed by atoms with E-state index in [-0.39, 0.29) is 16.4 Å². The molecular weight excluding hydrogens is 480 g/mol. The van der Waals surface area contributed by atoms with Crippen LogP contribution < -0.4 is 15.0 Å². The maximum Gasteiger partial charge on any atom is 0.296 e. The van der Waals surface area contributed by atoms with Gasteiger partial charge in [-0.15, -0.1) is 0 Å². The van der Waals surface area contributed by atoms with E-state index in [0.29, 0.717) is 34.1 Å². The number of rotatable bonds is 5. The van der Waals surface area contributed by atoms with Crippen LogP contribution in [0.25, 0.3) is 11.8 Å². The summed E-state index contributed by atoms with van der Waals surface area (Å²) in [6, 6.07) is 12.0. The Morgan fingerprint density at radius 2 is 1.72 bits per heavy atom. The molecule has 0 atom stereocenters. The summed E-state index contributed by atoms with van der Waals surface area (Å²) < 4.78 is 6.85. The van der Waals surface area contributed by atoms with Crippen molar-refractivity contribution < 1.29 is 19.2 Å². The Morgan fingerprint density at radius 3 is 2.36 bits per heavy atom. The average molecular weight is 505 g/mol. The summed E-state index contributed by atoms with van der Waals surface area (Å²) in [6.45, 7) is 7.38. The largest absolute Gasteiger partial charge is 0.496 e. The van der Waals surface area contributed by atoms with Crippen molar-refractivity contribution >= 4 is 46.6 Å². The van der Waals surface area contributed by atoms with Crippen LogP contribution in [0.3, 0.4) is 0 Å². The van der Waals surface area contributed by atoms with E-state index in [4.69, 9.17) is 17.0 Å². The number of nitrogens with zero attached hydrogens (tertiary/aromatic N) is 3. The number of nitro groups is 1. The molecule has 2 aromatic carbocycles. The lowest BCUT2D eigenvalue weighted by atomic mass is 10.0. The van der Waals surface area contributed by atoms with E-state index in [1.165, 1.54) is 24.2 Å². The van der Waals surface area contributed by atoms with E-state index in [2.05, 4.69) is 5.32 Å². The molecule has 1 saturated heterocycles. The van der Waals surface area contributed by atoms with Crippen molar-refractivity contribution in [2.45, 2.75) is 27.7 Å². The van der Waals surface area contributed by atoms with Crippen LogP contribution in [0.4, 0.5) is 11.4 Å². The van der Waals surface area contributed by atoms with Gasteiger partial charge >= 0.3 is 0 Å². The van der Waals surface area contributed by atoms with E-state index < -0.39 is 16.7 Å². The number of methoxy groups -OCH3 is 1. The number of thiocarbonyl (C=S) groups is 1. The first kappa shape index (κ1) is 24.8. The fraction of sp³-hybridized carbons (Fsp3) is 0.192. The molecule has 0 bridgehead atoms. The molecule has 3 aromatic rings. The molecule has 0 saturated carbocycles. The number of hydrogen-bond donors (Lipinski definition) is 1. The molecule has 184 valence electrons. The molecule has 0 unspecified atom stereocenters. The third kappa shape index (κ3) is 4.27. The molecular formula is C26H24N4O5S. The second kappa shape index (κ2) is 9.38. The zero-order valence-electron chi connectivity index (χ0n) is 20.4. The molecule has 2 amide bonds. The van der Waals surface area contributed by atoms with Gasteiger partial charge in [0.05, 0.1) is 23.8 Å². The van der Waals surface area contributed by atoms with Crippen molar-refractivity contribution in [1.82, 2.24) is 9.88 Å². The van der Waals surface area contributed by atoms with E-state index in [0.717, 1.165) is 11.1 Å². The summed E-state index contributed by atoms with van der Waals surface area (Å²) in [5, 5.41) is 14.4. The monoisotopic (exact) mass is 504 g/mol. The molecule has 0 aliphatic carbocycles. The van der Waals surface area contributed by atoms with Gasteiger partial charge in [0.25, 0.3) is 17.5 Å². The number of nitro benzene ring substituents is 1. The molecule has 2 heterocycles. The molecule has 1 aromatic heterocycles. The van der Waals surface area contributed by atoms with Crippen molar-refractivity contribution in [2.24, 2.45) is 0 Å². The highest BCUT2D eigenvalue weighted by molar-refractivity contribution is 7.80. The number of ether oxygens (including phenoxy) is 1. The van der Waals surface area contributed by atoms with Gasteiger partial charge in [-0.25, -0.2) is 0 Å². The number of amides is 2. The van der Waals surface area contributed by atoms with Gasteiger partial charge in [-0.3, -0.25) is 29.9 Å². The number of carbonyl (C=O) groups is 2. The summed E-state index contributed by atoms with van der Waals surface area (Å²) >= 11 is 5.31. The van der Waals surface area contributed by atoms with Gasteiger partial charge in [0.1, 0.15) is 17.0 Å². The number of hydrogen-bond acceptors (Lipinski definition) is 6. The normalized spacial score (nSPS) is 14.9. The van der Waals surface area contributed by atoms with Gasteiger partial charge in [-0.2, -0.15) is 0 Å². The molecule has 1 N–H and O–H groups in total. The molecule has 0 radical (unpaired) electrons. The maximum atomic E-state index is 13.5. The third-order valence-corrected chi connectivity index (χ3v) is 6.37. The second-order valence-electron chi connectivity index (χ2n) is 8.52. The summed E-state index contributed by atoms with van der Waals surface area (Å²) in [5.74, 6) is -0.788. The van der Waals surface area contributed by atoms with Gasteiger partial charge in [-0.1, -0.05) is 17.7 Å². The minimum absolute atomic E-state index is 0.00781. The zero-order valence-corrected chi connectivity index (χ0v) is 21.2. The van der Waals surface area contributed by atoms with E-state index in [9.17, 15) is 19.7 Å². The van der Waals surface area contributed by atoms with Crippen LogP contribution in [0.2, 0.25) is 0 Å². The number of aryl methyl sites for hydroxylation is 3. The molecule has 4 rings (SSSR count). The molecule has 10 heteroatoms. The Hall–Kier alpha value is -4.31. The second-order valence-corrected chi connectivity index (χ2v) is 8.91. The van der Waals surface area contributed by atoms with Gasteiger partial charge in [0, 0.05) is 11.4 Å². The molecule has 1 aliphatic heterocycles. The summed E-state index contributed by atoms with van der Waals surface area (Å²) in [5.41, 5.74) is 4.47. The zero-order chi connectivity index (χ0) is 26.3. The quantitative estimate of drug-likeness (QED) is 0.181. The SMILES string of the molecule is COc1ccc(-n2c(C)cc(/C=C3\C(=O)NC(=S)N(c4ccc(C)cc4C)C3=O)c2C)c([N+](=O)[O-])c1. The molecule has 36 heavy (non-hydrogen) atoms. The van der Waals surface area contributed by atoms with Gasteiger partial charge in [0.2, 0.25) is 0 Å². The average Bonchev–Trinajstić information content (AvgIpc) is 3.09. The Balaban J connectivity index is 1.81. The minimum atomic E-state index is -0.605. The lowest BCUT2D eigenvalue weighted by molar-refractivity contribution is -0.384. The predicted molar refractivity (Wildman–Crippen MR) is 141 cm³/mol. The van der Waals surface area contributed by atoms with Crippen LogP contribution in [0.5, 0.6) is 5.75 Å². The van der Waals surface area contributed by atoms with Gasteiger partial charge in [0.15, 0.2) is 5.11 Å². The smallest absolute Gasteiger partial charge is 0.296 e. The topological polar surface area (TPSA) is 107 Å². The van der Waals surface area contributed by atoms with Crippen LogP contribution >= 0.6 is 12.2 Å².